The van der Waals surface area contributed by atoms with Gasteiger partial charge in [0, 0.05) is 42.3 Å². The lowest BCUT2D eigenvalue weighted by molar-refractivity contribution is 0.153. The van der Waals surface area contributed by atoms with E-state index in [0.717, 1.165) is 42.1 Å². The molecule has 6 heteroatoms. The van der Waals surface area contributed by atoms with Crippen LogP contribution < -0.4 is 5.32 Å². The van der Waals surface area contributed by atoms with Crippen LogP contribution in [0.25, 0.3) is 0 Å². The molecule has 1 aliphatic heterocycles. The van der Waals surface area contributed by atoms with E-state index in [0.29, 0.717) is 11.8 Å². The summed E-state index contributed by atoms with van der Waals surface area (Å²) in [4.78, 5) is 2.52. The first kappa shape index (κ1) is 18.1. The van der Waals surface area contributed by atoms with Gasteiger partial charge in [-0.25, -0.2) is 0 Å². The maximum absolute atomic E-state index is 10.2. The van der Waals surface area contributed by atoms with E-state index < -0.39 is 0 Å². The molecule has 0 bridgehead atoms. The van der Waals surface area contributed by atoms with Crippen molar-refractivity contribution >= 4 is 40.7 Å². The summed E-state index contributed by atoms with van der Waals surface area (Å²) in [6, 6.07) is 6.32. The van der Waals surface area contributed by atoms with Crippen LogP contribution in [0.5, 0.6) is 5.75 Å². The van der Waals surface area contributed by atoms with Crippen molar-refractivity contribution in [3.63, 3.8) is 0 Å². The second kappa shape index (κ2) is 7.85. The fourth-order valence-corrected chi connectivity index (χ4v) is 3.24. The Labute approximate surface area is 141 Å². The maximum atomic E-state index is 10.2. The van der Waals surface area contributed by atoms with Gasteiger partial charge in [0.2, 0.25) is 0 Å². The smallest absolute Gasteiger partial charge is 0.121 e. The Balaban J connectivity index is 0.000001000. The monoisotopic (exact) mass is 382 g/mol. The van der Waals surface area contributed by atoms with E-state index >= 15 is 0 Å². The molecule has 1 saturated carbocycles. The highest BCUT2D eigenvalue weighted by molar-refractivity contribution is 9.10. The number of aromatic hydroxyl groups is 1. The Bertz CT molecular complexity index is 437. The number of piperazine rings is 1. The highest BCUT2D eigenvalue weighted by Crippen LogP contribution is 2.47. The average Bonchev–Trinajstić information content (AvgIpc) is 3.18. The van der Waals surface area contributed by atoms with Crippen molar-refractivity contribution in [3.05, 3.63) is 28.2 Å². The molecule has 1 atom stereocenters. The molecule has 0 spiro atoms. The molecule has 0 radical (unpaired) electrons. The summed E-state index contributed by atoms with van der Waals surface area (Å²) in [5, 5.41) is 13.6. The van der Waals surface area contributed by atoms with Gasteiger partial charge in [0.25, 0.3) is 0 Å². The fraction of sp³-hybridized carbons (Fsp3) is 0.571. The average molecular weight is 384 g/mol. The van der Waals surface area contributed by atoms with Crippen LogP contribution in [0.1, 0.15) is 24.4 Å². The topological polar surface area (TPSA) is 35.5 Å². The molecular formula is C14H21BrCl2N2O. The second-order valence-electron chi connectivity index (χ2n) is 5.27. The van der Waals surface area contributed by atoms with Crippen LogP contribution in [0.2, 0.25) is 0 Å². The van der Waals surface area contributed by atoms with Crippen molar-refractivity contribution in [2.45, 2.75) is 18.9 Å². The maximum Gasteiger partial charge on any atom is 0.121 e. The normalized spacial score (nSPS) is 20.6. The number of rotatable bonds is 3. The van der Waals surface area contributed by atoms with Gasteiger partial charge in [0.15, 0.2) is 0 Å². The summed E-state index contributed by atoms with van der Waals surface area (Å²) in [6.45, 7) is 4.27. The molecule has 3 nitrogen and oxygen atoms in total. The summed E-state index contributed by atoms with van der Waals surface area (Å²) in [6.07, 6.45) is 2.59. The Morgan fingerprint density at radius 2 is 1.85 bits per heavy atom. The molecule has 1 aromatic carbocycles. The van der Waals surface area contributed by atoms with Gasteiger partial charge >= 0.3 is 0 Å². The first-order valence-corrected chi connectivity index (χ1v) is 7.48. The lowest BCUT2D eigenvalue weighted by atomic mass is 9.99. The molecule has 0 unspecified atom stereocenters. The zero-order valence-electron chi connectivity index (χ0n) is 11.2. The van der Waals surface area contributed by atoms with Crippen LogP contribution in [0, 0.1) is 5.92 Å². The number of hydrogen-bond acceptors (Lipinski definition) is 3. The summed E-state index contributed by atoms with van der Waals surface area (Å²) in [5.41, 5.74) is 1.10. The molecule has 0 aromatic heterocycles. The highest BCUT2D eigenvalue weighted by Gasteiger charge is 2.37. The van der Waals surface area contributed by atoms with E-state index in [1.807, 2.05) is 12.1 Å². The van der Waals surface area contributed by atoms with E-state index in [2.05, 4.69) is 32.2 Å². The zero-order valence-corrected chi connectivity index (χ0v) is 14.4. The van der Waals surface area contributed by atoms with Gasteiger partial charge in [-0.15, -0.1) is 24.8 Å². The fourth-order valence-electron chi connectivity index (χ4n) is 2.89. The first-order chi connectivity index (χ1) is 8.75. The predicted molar refractivity (Wildman–Crippen MR) is 90.2 cm³/mol. The first-order valence-electron chi connectivity index (χ1n) is 6.69. The third-order valence-electron chi connectivity index (χ3n) is 3.92. The van der Waals surface area contributed by atoms with Gasteiger partial charge in [0.05, 0.1) is 0 Å². The molecule has 2 N–H and O–H groups in total. The standard InChI is InChI=1S/C14H19BrN2O.2ClH/c15-11-3-4-12(13(18)9-11)14(10-1-2-10)17-7-5-16-6-8-17;;/h3-4,9-10,14,16,18H,1-2,5-8H2;2*1H/t14-;;/m0../s1. The highest BCUT2D eigenvalue weighted by atomic mass is 79.9. The molecule has 2 aliphatic rings. The van der Waals surface area contributed by atoms with Gasteiger partial charge in [0.1, 0.15) is 5.75 Å². The van der Waals surface area contributed by atoms with Gasteiger partial charge in [-0.3, -0.25) is 4.90 Å². The van der Waals surface area contributed by atoms with Crippen molar-refractivity contribution < 1.29 is 5.11 Å². The molecular weight excluding hydrogens is 363 g/mol. The molecule has 2 fully saturated rings. The van der Waals surface area contributed by atoms with Gasteiger partial charge in [-0.05, 0) is 30.9 Å². The van der Waals surface area contributed by atoms with Crippen LogP contribution in [0.15, 0.2) is 22.7 Å². The lowest BCUT2D eigenvalue weighted by Crippen LogP contribution is -2.45. The molecule has 1 saturated heterocycles. The molecule has 20 heavy (non-hydrogen) atoms. The third kappa shape index (κ3) is 4.01. The Hall–Kier alpha value is -0.0000000000000000971. The minimum Gasteiger partial charge on any atom is -0.508 e. The molecule has 1 aromatic rings. The van der Waals surface area contributed by atoms with Gasteiger partial charge in [-0.2, -0.15) is 0 Å². The second-order valence-corrected chi connectivity index (χ2v) is 6.19. The minimum absolute atomic E-state index is 0. The van der Waals surface area contributed by atoms with Crippen LogP contribution in [0.4, 0.5) is 0 Å². The zero-order chi connectivity index (χ0) is 12.5. The van der Waals surface area contributed by atoms with Crippen LogP contribution in [-0.2, 0) is 0 Å². The van der Waals surface area contributed by atoms with Crippen LogP contribution >= 0.6 is 40.7 Å². The Kier molecular flexibility index (Phi) is 7.09. The van der Waals surface area contributed by atoms with Crippen LogP contribution in [0.3, 0.4) is 0 Å². The van der Waals surface area contributed by atoms with Crippen molar-refractivity contribution in [1.82, 2.24) is 10.2 Å². The minimum atomic E-state index is 0. The SMILES string of the molecule is Cl.Cl.Oc1cc(Br)ccc1[C@H](C1CC1)N1CCNCC1. The molecule has 1 aliphatic carbocycles. The van der Waals surface area contributed by atoms with Crippen molar-refractivity contribution in [2.24, 2.45) is 5.92 Å². The van der Waals surface area contributed by atoms with E-state index in [1.54, 1.807) is 0 Å². The van der Waals surface area contributed by atoms with Crippen molar-refractivity contribution in [2.75, 3.05) is 26.2 Å². The molecule has 1 heterocycles. The molecule has 0 amide bonds. The predicted octanol–water partition coefficient (Wildman–Crippen LogP) is 3.35. The van der Waals surface area contributed by atoms with Gasteiger partial charge in [-0.1, -0.05) is 22.0 Å². The van der Waals surface area contributed by atoms with E-state index in [-0.39, 0.29) is 24.8 Å². The Morgan fingerprint density at radius 1 is 1.20 bits per heavy atom. The summed E-state index contributed by atoms with van der Waals surface area (Å²) >= 11 is 3.41. The number of halogens is 3. The lowest BCUT2D eigenvalue weighted by Gasteiger charge is -2.35. The number of phenols is 1. The number of phenolic OH excluding ortho intramolecular Hbond substituents is 1. The molecule has 3 rings (SSSR count). The third-order valence-corrected chi connectivity index (χ3v) is 4.42. The number of hydrogen-bond donors (Lipinski definition) is 2. The van der Waals surface area contributed by atoms with Gasteiger partial charge < -0.3 is 10.4 Å². The number of nitrogens with one attached hydrogen (secondary N) is 1. The van der Waals surface area contributed by atoms with Crippen LogP contribution in [-0.4, -0.2) is 36.2 Å². The number of nitrogens with zero attached hydrogens (tertiary/aromatic N) is 1. The quantitative estimate of drug-likeness (QED) is 0.839. The van der Waals surface area contributed by atoms with E-state index in [9.17, 15) is 5.11 Å². The molecule has 114 valence electrons. The summed E-state index contributed by atoms with van der Waals surface area (Å²) < 4.78 is 0.943. The van der Waals surface area contributed by atoms with E-state index in [4.69, 9.17) is 0 Å². The summed E-state index contributed by atoms with van der Waals surface area (Å²) in [7, 11) is 0. The number of benzene rings is 1. The summed E-state index contributed by atoms with van der Waals surface area (Å²) in [5.74, 6) is 1.16. The van der Waals surface area contributed by atoms with E-state index in [1.165, 1.54) is 12.8 Å². The Morgan fingerprint density at radius 3 is 2.40 bits per heavy atom. The van der Waals surface area contributed by atoms with Crippen molar-refractivity contribution in [1.29, 1.82) is 0 Å². The largest absolute Gasteiger partial charge is 0.508 e. The van der Waals surface area contributed by atoms with Crippen molar-refractivity contribution in [3.8, 4) is 5.75 Å².